The number of carbonyl (C=O) groups is 2. The van der Waals surface area contributed by atoms with Gasteiger partial charge in [-0.15, -0.1) is 0 Å². The lowest BCUT2D eigenvalue weighted by Gasteiger charge is -2.22. The maximum absolute atomic E-state index is 12.5. The lowest BCUT2D eigenvalue weighted by atomic mass is 9.95. The highest BCUT2D eigenvalue weighted by Crippen LogP contribution is 2.27. The molecule has 1 aliphatic carbocycles. The second kappa shape index (κ2) is 8.86. The van der Waals surface area contributed by atoms with E-state index in [1.165, 1.54) is 25.8 Å². The van der Waals surface area contributed by atoms with Crippen LogP contribution in [0.4, 0.5) is 5.69 Å². The molecule has 1 aromatic heterocycles. The highest BCUT2D eigenvalue weighted by Gasteiger charge is 2.18. The third-order valence-corrected chi connectivity index (χ3v) is 4.90. The summed E-state index contributed by atoms with van der Waals surface area (Å²) in [6, 6.07) is 8.26. The van der Waals surface area contributed by atoms with Crippen LogP contribution in [0.15, 0.2) is 36.5 Å². The monoisotopic (exact) mass is 387 g/mol. The van der Waals surface area contributed by atoms with E-state index in [4.69, 9.17) is 16.3 Å². The van der Waals surface area contributed by atoms with Crippen molar-refractivity contribution in [2.75, 3.05) is 12.4 Å². The number of amides is 2. The molecule has 0 radical (unpaired) electrons. The third kappa shape index (κ3) is 4.98. The fourth-order valence-electron chi connectivity index (χ4n) is 3.15. The maximum Gasteiger partial charge on any atom is 0.274 e. The summed E-state index contributed by atoms with van der Waals surface area (Å²) >= 11 is 6.07. The minimum Gasteiger partial charge on any atom is -0.495 e. The van der Waals surface area contributed by atoms with Crippen molar-refractivity contribution in [1.82, 2.24) is 10.3 Å². The lowest BCUT2D eigenvalue weighted by Crippen LogP contribution is -2.36. The Balaban J connectivity index is 1.67. The summed E-state index contributed by atoms with van der Waals surface area (Å²) in [5, 5.41) is 6.16. The molecule has 0 aliphatic heterocycles. The molecule has 7 heteroatoms. The van der Waals surface area contributed by atoms with Crippen LogP contribution in [0.1, 0.15) is 53.0 Å². The molecule has 1 aliphatic rings. The van der Waals surface area contributed by atoms with Crippen molar-refractivity contribution < 1.29 is 14.3 Å². The number of rotatable bonds is 5. The Morgan fingerprint density at radius 3 is 2.59 bits per heavy atom. The van der Waals surface area contributed by atoms with E-state index in [2.05, 4.69) is 15.6 Å². The Morgan fingerprint density at radius 2 is 1.89 bits per heavy atom. The molecular formula is C20H22ClN3O3. The van der Waals surface area contributed by atoms with Crippen molar-refractivity contribution in [3.05, 3.63) is 52.8 Å². The summed E-state index contributed by atoms with van der Waals surface area (Å²) in [5.41, 5.74) is 1.11. The van der Waals surface area contributed by atoms with Crippen LogP contribution >= 0.6 is 11.6 Å². The number of benzene rings is 1. The predicted molar refractivity (Wildman–Crippen MR) is 105 cm³/mol. The van der Waals surface area contributed by atoms with E-state index in [1.807, 2.05) is 0 Å². The molecule has 1 heterocycles. The van der Waals surface area contributed by atoms with Gasteiger partial charge in [0.25, 0.3) is 11.8 Å². The highest BCUT2D eigenvalue weighted by atomic mass is 35.5. The maximum atomic E-state index is 12.5. The van der Waals surface area contributed by atoms with Gasteiger partial charge in [0.1, 0.15) is 11.4 Å². The summed E-state index contributed by atoms with van der Waals surface area (Å²) in [5.74, 6) is -0.0661. The number of hydrogen-bond acceptors (Lipinski definition) is 4. The fraction of sp³-hybridized carbons (Fsp3) is 0.350. The third-order valence-electron chi connectivity index (χ3n) is 4.60. The summed E-state index contributed by atoms with van der Waals surface area (Å²) in [6.45, 7) is 0. The van der Waals surface area contributed by atoms with Crippen LogP contribution in [0, 0.1) is 0 Å². The molecule has 0 atom stereocenters. The van der Waals surface area contributed by atoms with Gasteiger partial charge in [-0.25, -0.2) is 0 Å². The SMILES string of the molecule is COc1ccc(NC(=O)c2cc(C(=O)NC3CCCCC3)ccn2)cc1Cl. The number of pyridine rings is 1. The molecule has 0 unspecified atom stereocenters. The number of carbonyl (C=O) groups excluding carboxylic acids is 2. The topological polar surface area (TPSA) is 80.3 Å². The zero-order chi connectivity index (χ0) is 19.2. The molecule has 0 bridgehead atoms. The first-order chi connectivity index (χ1) is 13.1. The van der Waals surface area contributed by atoms with Crippen LogP contribution in [0.5, 0.6) is 5.75 Å². The van der Waals surface area contributed by atoms with Gasteiger partial charge in [-0.1, -0.05) is 30.9 Å². The molecule has 2 amide bonds. The Labute approximate surface area is 163 Å². The van der Waals surface area contributed by atoms with E-state index in [9.17, 15) is 9.59 Å². The zero-order valence-electron chi connectivity index (χ0n) is 15.1. The first-order valence-corrected chi connectivity index (χ1v) is 9.36. The van der Waals surface area contributed by atoms with Gasteiger partial charge >= 0.3 is 0 Å². The number of halogens is 1. The summed E-state index contributed by atoms with van der Waals surface area (Å²) in [6.07, 6.45) is 6.97. The van der Waals surface area contributed by atoms with Crippen LogP contribution in [0.25, 0.3) is 0 Å². The Morgan fingerprint density at radius 1 is 1.11 bits per heavy atom. The van der Waals surface area contributed by atoms with Crippen LogP contribution in [0.3, 0.4) is 0 Å². The molecule has 2 N–H and O–H groups in total. The first-order valence-electron chi connectivity index (χ1n) is 8.98. The molecular weight excluding hydrogens is 366 g/mol. The second-order valence-electron chi connectivity index (χ2n) is 6.54. The lowest BCUT2D eigenvalue weighted by molar-refractivity contribution is 0.0927. The van der Waals surface area contributed by atoms with Crippen LogP contribution in [0.2, 0.25) is 5.02 Å². The minimum atomic E-state index is -0.413. The molecule has 1 saturated carbocycles. The van der Waals surface area contributed by atoms with Crippen molar-refractivity contribution in [2.24, 2.45) is 0 Å². The number of nitrogens with one attached hydrogen (secondary N) is 2. The van der Waals surface area contributed by atoms with Crippen molar-refractivity contribution in [3.8, 4) is 5.75 Å². The molecule has 142 valence electrons. The number of aromatic nitrogens is 1. The molecule has 6 nitrogen and oxygen atoms in total. The zero-order valence-corrected chi connectivity index (χ0v) is 15.9. The second-order valence-corrected chi connectivity index (χ2v) is 6.95. The predicted octanol–water partition coefficient (Wildman–Crippen LogP) is 4.06. The fourth-order valence-corrected chi connectivity index (χ4v) is 3.41. The highest BCUT2D eigenvalue weighted by molar-refractivity contribution is 6.32. The molecule has 0 saturated heterocycles. The summed E-state index contributed by atoms with van der Waals surface area (Å²) in [4.78, 5) is 29.0. The standard InChI is InChI=1S/C20H22ClN3O3/c1-27-18-8-7-15(12-16(18)21)24-20(26)17-11-13(9-10-22-17)19(25)23-14-5-3-2-4-6-14/h7-12,14H,2-6H2,1H3,(H,23,25)(H,24,26). The average molecular weight is 388 g/mol. The van der Waals surface area contributed by atoms with E-state index in [0.717, 1.165) is 25.7 Å². The van der Waals surface area contributed by atoms with Gasteiger partial charge in [-0.05, 0) is 43.2 Å². The minimum absolute atomic E-state index is 0.165. The summed E-state index contributed by atoms with van der Waals surface area (Å²) in [7, 11) is 1.52. The number of methoxy groups -OCH3 is 1. The normalized spacial score (nSPS) is 14.4. The number of hydrogen-bond donors (Lipinski definition) is 2. The van der Waals surface area contributed by atoms with E-state index >= 15 is 0 Å². The van der Waals surface area contributed by atoms with Gasteiger partial charge in [0.05, 0.1) is 12.1 Å². The van der Waals surface area contributed by atoms with Gasteiger partial charge in [0.15, 0.2) is 0 Å². The largest absolute Gasteiger partial charge is 0.495 e. The van der Waals surface area contributed by atoms with Crippen LogP contribution < -0.4 is 15.4 Å². The van der Waals surface area contributed by atoms with Gasteiger partial charge in [-0.3, -0.25) is 14.6 Å². The first kappa shape index (κ1) is 19.2. The smallest absolute Gasteiger partial charge is 0.274 e. The molecule has 27 heavy (non-hydrogen) atoms. The molecule has 1 aromatic carbocycles. The molecule has 1 fully saturated rings. The van der Waals surface area contributed by atoms with Gasteiger partial charge in [0, 0.05) is 23.5 Å². The number of ether oxygens (including phenoxy) is 1. The number of anilines is 1. The quantitative estimate of drug-likeness (QED) is 0.810. The van der Waals surface area contributed by atoms with E-state index in [-0.39, 0.29) is 17.6 Å². The molecule has 0 spiro atoms. The number of nitrogens with zero attached hydrogens (tertiary/aromatic N) is 1. The van der Waals surface area contributed by atoms with Crippen LogP contribution in [-0.2, 0) is 0 Å². The Hall–Kier alpha value is -2.60. The van der Waals surface area contributed by atoms with Crippen molar-refractivity contribution in [1.29, 1.82) is 0 Å². The molecule has 3 rings (SSSR count). The van der Waals surface area contributed by atoms with Crippen molar-refractivity contribution >= 4 is 29.1 Å². The van der Waals surface area contributed by atoms with Gasteiger partial charge < -0.3 is 15.4 Å². The van der Waals surface area contributed by atoms with E-state index in [1.54, 1.807) is 24.3 Å². The van der Waals surface area contributed by atoms with Crippen molar-refractivity contribution in [3.63, 3.8) is 0 Å². The van der Waals surface area contributed by atoms with E-state index in [0.29, 0.717) is 22.0 Å². The summed E-state index contributed by atoms with van der Waals surface area (Å²) < 4.78 is 5.09. The molecule has 2 aromatic rings. The average Bonchev–Trinajstić information content (AvgIpc) is 2.69. The van der Waals surface area contributed by atoms with Crippen LogP contribution in [-0.4, -0.2) is 29.9 Å². The van der Waals surface area contributed by atoms with Gasteiger partial charge in [0.2, 0.25) is 0 Å². The van der Waals surface area contributed by atoms with Gasteiger partial charge in [-0.2, -0.15) is 0 Å². The Bertz CT molecular complexity index is 835. The Kier molecular flexibility index (Phi) is 6.29. The van der Waals surface area contributed by atoms with E-state index < -0.39 is 5.91 Å². The van der Waals surface area contributed by atoms with Crippen molar-refractivity contribution in [2.45, 2.75) is 38.1 Å².